The number of amides is 1. The van der Waals surface area contributed by atoms with Crippen LogP contribution >= 0.6 is 0 Å². The summed E-state index contributed by atoms with van der Waals surface area (Å²) in [6.07, 6.45) is 5.30. The van der Waals surface area contributed by atoms with Crippen LogP contribution in [0.1, 0.15) is 46.2 Å². The Hall–Kier alpha value is -2.58. The number of nitrogens with zero attached hydrogens (tertiary/aromatic N) is 4. The van der Waals surface area contributed by atoms with E-state index in [-0.39, 0.29) is 11.8 Å². The number of carbonyl (C=O) groups excluding carboxylic acids is 1. The van der Waals surface area contributed by atoms with E-state index in [0.717, 1.165) is 36.5 Å². The average molecular weight is 400 g/mol. The van der Waals surface area contributed by atoms with E-state index in [1.807, 2.05) is 18.0 Å². The van der Waals surface area contributed by atoms with Crippen molar-refractivity contribution in [3.8, 4) is 5.88 Å². The molecule has 29 heavy (non-hydrogen) atoms. The minimum absolute atomic E-state index is 0.0199. The van der Waals surface area contributed by atoms with Gasteiger partial charge in [-0.1, -0.05) is 0 Å². The number of rotatable bonds is 8. The van der Waals surface area contributed by atoms with Gasteiger partial charge in [0.25, 0.3) is 5.91 Å². The predicted octanol–water partition coefficient (Wildman–Crippen LogP) is 2.37. The molecule has 0 aliphatic carbocycles. The summed E-state index contributed by atoms with van der Waals surface area (Å²) in [6.45, 7) is 4.73. The molecule has 2 aromatic heterocycles. The number of hydrogen-bond donors (Lipinski definition) is 0. The normalized spacial score (nSPS) is 16.7. The van der Waals surface area contributed by atoms with Gasteiger partial charge in [-0.25, -0.2) is 15.0 Å². The van der Waals surface area contributed by atoms with E-state index in [0.29, 0.717) is 37.8 Å². The number of hydrogen-bond acceptors (Lipinski definition) is 7. The maximum Gasteiger partial charge on any atom is 0.255 e. The summed E-state index contributed by atoms with van der Waals surface area (Å²) in [5.41, 5.74) is 2.51. The Morgan fingerprint density at radius 1 is 1.21 bits per heavy atom. The monoisotopic (exact) mass is 400 g/mol. The van der Waals surface area contributed by atoms with Crippen LogP contribution in [0.2, 0.25) is 0 Å². The molecule has 8 nitrogen and oxygen atoms in total. The minimum atomic E-state index is -0.0199. The van der Waals surface area contributed by atoms with Gasteiger partial charge in [0, 0.05) is 50.1 Å². The lowest BCUT2D eigenvalue weighted by molar-refractivity contribution is 0.0602. The lowest BCUT2D eigenvalue weighted by atomic mass is 9.91. The molecule has 1 atom stereocenters. The molecular formula is C21H28N4O4. The van der Waals surface area contributed by atoms with Gasteiger partial charge in [0.05, 0.1) is 38.2 Å². The van der Waals surface area contributed by atoms with Gasteiger partial charge in [-0.05, 0) is 25.8 Å². The smallest absolute Gasteiger partial charge is 0.255 e. The van der Waals surface area contributed by atoms with Crippen LogP contribution in [-0.2, 0) is 16.1 Å². The van der Waals surface area contributed by atoms with Gasteiger partial charge in [-0.3, -0.25) is 4.79 Å². The minimum Gasteiger partial charge on any atom is -0.481 e. The fraction of sp³-hybridized carbons (Fsp3) is 0.524. The Morgan fingerprint density at radius 2 is 2.07 bits per heavy atom. The van der Waals surface area contributed by atoms with Crippen LogP contribution in [0.4, 0.5) is 0 Å². The van der Waals surface area contributed by atoms with Crippen LogP contribution in [-0.4, -0.2) is 66.3 Å². The average Bonchev–Trinajstić information content (AvgIpc) is 2.77. The molecule has 1 aliphatic rings. The fourth-order valence-corrected chi connectivity index (χ4v) is 3.50. The summed E-state index contributed by atoms with van der Waals surface area (Å²) in [6, 6.07) is 3.46. The molecule has 1 fully saturated rings. The third kappa shape index (κ3) is 5.48. The van der Waals surface area contributed by atoms with Gasteiger partial charge in [-0.15, -0.1) is 0 Å². The maximum absolute atomic E-state index is 12.9. The predicted molar refractivity (Wildman–Crippen MR) is 107 cm³/mol. The lowest BCUT2D eigenvalue weighted by Gasteiger charge is -2.33. The zero-order valence-corrected chi connectivity index (χ0v) is 17.3. The van der Waals surface area contributed by atoms with E-state index in [2.05, 4.69) is 9.97 Å². The van der Waals surface area contributed by atoms with Gasteiger partial charge >= 0.3 is 0 Å². The van der Waals surface area contributed by atoms with Crippen LogP contribution in [0.25, 0.3) is 0 Å². The first-order valence-corrected chi connectivity index (χ1v) is 9.80. The van der Waals surface area contributed by atoms with Gasteiger partial charge in [0.2, 0.25) is 5.88 Å². The second kappa shape index (κ2) is 10.3. The second-order valence-corrected chi connectivity index (χ2v) is 7.05. The maximum atomic E-state index is 12.9. The van der Waals surface area contributed by atoms with Crippen LogP contribution in [0.15, 0.2) is 24.5 Å². The summed E-state index contributed by atoms with van der Waals surface area (Å²) in [4.78, 5) is 28.0. The number of aromatic nitrogens is 3. The zero-order chi connectivity index (χ0) is 20.6. The van der Waals surface area contributed by atoms with Crippen LogP contribution < -0.4 is 4.74 Å². The molecule has 8 heteroatoms. The Labute approximate surface area is 171 Å². The summed E-state index contributed by atoms with van der Waals surface area (Å²) >= 11 is 0. The number of aryl methyl sites for hydroxylation is 1. The Bertz CT molecular complexity index is 813. The Balaban J connectivity index is 1.72. The van der Waals surface area contributed by atoms with Crippen LogP contribution in [0.5, 0.6) is 5.88 Å². The molecule has 1 unspecified atom stereocenters. The van der Waals surface area contributed by atoms with Crippen molar-refractivity contribution in [1.29, 1.82) is 0 Å². The highest BCUT2D eigenvalue weighted by Gasteiger charge is 2.28. The van der Waals surface area contributed by atoms with Crippen molar-refractivity contribution in [2.75, 3.05) is 40.5 Å². The van der Waals surface area contributed by atoms with E-state index in [9.17, 15) is 4.79 Å². The van der Waals surface area contributed by atoms with Crippen molar-refractivity contribution >= 4 is 5.91 Å². The molecule has 156 valence electrons. The highest BCUT2D eigenvalue weighted by molar-refractivity contribution is 5.94. The van der Waals surface area contributed by atoms with Gasteiger partial charge < -0.3 is 19.1 Å². The number of carbonyl (C=O) groups is 1. The van der Waals surface area contributed by atoms with Crippen molar-refractivity contribution in [2.24, 2.45) is 0 Å². The summed E-state index contributed by atoms with van der Waals surface area (Å²) in [5, 5.41) is 0. The number of likely N-dealkylation sites (tertiary alicyclic amines) is 1. The molecule has 1 aliphatic heterocycles. The summed E-state index contributed by atoms with van der Waals surface area (Å²) in [5.74, 6) is 1.35. The summed E-state index contributed by atoms with van der Waals surface area (Å²) in [7, 11) is 3.20. The first-order valence-electron chi connectivity index (χ1n) is 9.80. The summed E-state index contributed by atoms with van der Waals surface area (Å²) < 4.78 is 15.8. The van der Waals surface area contributed by atoms with Crippen LogP contribution in [0, 0.1) is 6.92 Å². The quantitative estimate of drug-likeness (QED) is 0.629. The molecule has 3 heterocycles. The standard InChI is InChI=1S/C21H28N4O4/c1-15-22-12-18(14-29-10-9-27-2)20(24-15)17-5-4-8-25(13-17)21(26)16-6-7-19(28-3)23-11-16/h6-7,11-12,17H,4-5,8-10,13-14H2,1-3H3. The number of pyridine rings is 1. The first-order chi connectivity index (χ1) is 14.1. The van der Waals surface area contributed by atoms with E-state index >= 15 is 0 Å². The Kier molecular flexibility index (Phi) is 7.48. The second-order valence-electron chi connectivity index (χ2n) is 7.05. The van der Waals surface area contributed by atoms with Crippen molar-refractivity contribution in [3.63, 3.8) is 0 Å². The molecule has 0 N–H and O–H groups in total. The van der Waals surface area contributed by atoms with Gasteiger partial charge in [0.1, 0.15) is 5.82 Å². The van der Waals surface area contributed by atoms with Gasteiger partial charge in [0.15, 0.2) is 0 Å². The number of methoxy groups -OCH3 is 2. The fourth-order valence-electron chi connectivity index (χ4n) is 3.50. The van der Waals surface area contributed by atoms with E-state index in [1.54, 1.807) is 32.5 Å². The zero-order valence-electron chi connectivity index (χ0n) is 17.3. The number of piperidine rings is 1. The highest BCUT2D eigenvalue weighted by atomic mass is 16.5. The molecule has 0 saturated carbocycles. The van der Waals surface area contributed by atoms with Crippen molar-refractivity contribution in [3.05, 3.63) is 47.2 Å². The lowest BCUT2D eigenvalue weighted by Crippen LogP contribution is -2.39. The SMILES string of the molecule is COCCOCc1cnc(C)nc1C1CCCN(C(=O)c2ccc(OC)nc2)C1. The molecule has 1 saturated heterocycles. The molecular weight excluding hydrogens is 372 g/mol. The molecule has 3 rings (SSSR count). The molecule has 0 radical (unpaired) electrons. The van der Waals surface area contributed by atoms with Crippen molar-refractivity contribution in [2.45, 2.75) is 32.3 Å². The van der Waals surface area contributed by atoms with Gasteiger partial charge in [-0.2, -0.15) is 0 Å². The van der Waals surface area contributed by atoms with E-state index < -0.39 is 0 Å². The van der Waals surface area contributed by atoms with Crippen LogP contribution in [0.3, 0.4) is 0 Å². The Morgan fingerprint density at radius 3 is 2.79 bits per heavy atom. The van der Waals surface area contributed by atoms with Crippen molar-refractivity contribution in [1.82, 2.24) is 19.9 Å². The van der Waals surface area contributed by atoms with E-state index in [1.165, 1.54) is 0 Å². The topological polar surface area (TPSA) is 86.7 Å². The molecule has 0 spiro atoms. The third-order valence-corrected chi connectivity index (χ3v) is 5.00. The molecule has 0 bridgehead atoms. The van der Waals surface area contributed by atoms with E-state index in [4.69, 9.17) is 19.2 Å². The van der Waals surface area contributed by atoms with Crippen molar-refractivity contribution < 1.29 is 19.0 Å². The largest absolute Gasteiger partial charge is 0.481 e. The molecule has 1 amide bonds. The molecule has 2 aromatic rings. The third-order valence-electron chi connectivity index (χ3n) is 5.00. The molecule has 0 aromatic carbocycles. The number of ether oxygens (including phenoxy) is 3. The first kappa shape index (κ1) is 21.1. The highest BCUT2D eigenvalue weighted by Crippen LogP contribution is 2.29.